The quantitative estimate of drug-likeness (QED) is 0.200. The van der Waals surface area contributed by atoms with Crippen LogP contribution in [0.5, 0.6) is 0 Å². The maximum Gasteiger partial charge on any atom is 0.327 e. The molecule has 0 aromatic heterocycles. The molecule has 0 radical (unpaired) electrons. The maximum absolute atomic E-state index is 13.8. The Bertz CT molecular complexity index is 889. The highest BCUT2D eigenvalue weighted by Crippen LogP contribution is 2.30. The third-order valence-electron chi connectivity index (χ3n) is 2.67. The SMILES string of the molecule is CS(=O)(=O)SC[C@H](NC(=O)c1c(F)c(F)c(N=[N+]=N)c(F)c1F)C(=O)O. The fourth-order valence-corrected chi connectivity index (χ4v) is 3.31. The molecule has 26 heavy (non-hydrogen) atoms. The number of amides is 1. The number of carbonyl (C=O) groups is 2. The molecule has 0 spiro atoms. The van der Waals surface area contributed by atoms with Crippen LogP contribution in [0.2, 0.25) is 0 Å². The summed E-state index contributed by atoms with van der Waals surface area (Å²) in [5.41, 5.74) is 2.97. The largest absolute Gasteiger partial charge is 0.480 e. The van der Waals surface area contributed by atoms with Crippen LogP contribution in [0.1, 0.15) is 10.4 Å². The van der Waals surface area contributed by atoms with E-state index in [2.05, 4.69) is 10.0 Å². The van der Waals surface area contributed by atoms with Gasteiger partial charge in [-0.2, -0.15) is 0 Å². The van der Waals surface area contributed by atoms with Gasteiger partial charge >= 0.3 is 5.97 Å². The lowest BCUT2D eigenvalue weighted by Gasteiger charge is -2.14. The number of hydrogen-bond donors (Lipinski definition) is 3. The molecule has 0 bridgehead atoms. The highest BCUT2D eigenvalue weighted by atomic mass is 33.1. The molecule has 0 saturated carbocycles. The van der Waals surface area contributed by atoms with Crippen LogP contribution in [0.3, 0.4) is 0 Å². The number of nitrogens with zero attached hydrogens (tertiary/aromatic N) is 2. The van der Waals surface area contributed by atoms with Crippen LogP contribution in [-0.2, 0) is 13.7 Å². The zero-order chi connectivity index (χ0) is 20.2. The summed E-state index contributed by atoms with van der Waals surface area (Å²) in [7, 11) is -3.58. The van der Waals surface area contributed by atoms with Gasteiger partial charge in [-0.15, -0.1) is 0 Å². The Morgan fingerprint density at radius 3 is 2.12 bits per heavy atom. The van der Waals surface area contributed by atoms with Gasteiger partial charge in [0.05, 0.1) is 0 Å². The van der Waals surface area contributed by atoms with Crippen LogP contribution in [0, 0.1) is 28.8 Å². The number of carbonyl (C=O) groups excluding carboxylic acids is 1. The van der Waals surface area contributed by atoms with E-state index >= 15 is 0 Å². The Kier molecular flexibility index (Phi) is 6.83. The zero-order valence-electron chi connectivity index (χ0n) is 12.6. The molecule has 15 heteroatoms. The minimum atomic E-state index is -3.70. The van der Waals surface area contributed by atoms with E-state index in [1.54, 1.807) is 5.32 Å². The Hall–Kier alpha value is -2.51. The molecule has 1 atom stereocenters. The number of benzene rings is 1. The van der Waals surface area contributed by atoms with Crippen molar-refractivity contribution in [3.8, 4) is 0 Å². The van der Waals surface area contributed by atoms with E-state index < -0.39 is 67.1 Å². The predicted octanol–water partition coefficient (Wildman–Crippen LogP) is 1.30. The zero-order valence-corrected chi connectivity index (χ0v) is 14.2. The first-order valence-electron chi connectivity index (χ1n) is 6.22. The van der Waals surface area contributed by atoms with Crippen molar-refractivity contribution in [1.82, 2.24) is 10.2 Å². The van der Waals surface area contributed by atoms with Crippen LogP contribution in [0.4, 0.5) is 23.2 Å². The van der Waals surface area contributed by atoms with Gasteiger partial charge in [0.2, 0.25) is 10.6 Å². The number of aliphatic carboxylic acids is 1. The standard InChI is InChI=1S/C11H8F4N4O5S2/c1-26(23,24)25-2-3(11(21)22)17-10(20)4-5(12)7(14)9(18-19-16)8(15)6(4)13/h3,16H,2H2,1H3,(H-,17,20,21,22)/p+1/t3-/m0/s1. The topological polar surface area (TPSA) is 151 Å². The van der Waals surface area contributed by atoms with Crippen LogP contribution < -0.4 is 10.2 Å². The monoisotopic (exact) mass is 417 g/mol. The number of rotatable bonds is 7. The van der Waals surface area contributed by atoms with E-state index in [4.69, 9.17) is 10.6 Å². The summed E-state index contributed by atoms with van der Waals surface area (Å²) in [5, 5.41) is 13.0. The second kappa shape index (κ2) is 8.25. The van der Waals surface area contributed by atoms with Gasteiger partial charge in [-0.1, -0.05) is 0 Å². The van der Waals surface area contributed by atoms with Crippen LogP contribution >= 0.6 is 10.8 Å². The predicted molar refractivity (Wildman–Crippen MR) is 79.4 cm³/mol. The van der Waals surface area contributed by atoms with Gasteiger partial charge in [-0.25, -0.2) is 30.8 Å². The fraction of sp³-hybridized carbons (Fsp3) is 0.273. The highest BCUT2D eigenvalue weighted by molar-refractivity contribution is 8.71. The number of halogens is 4. The molecule has 0 aliphatic carbocycles. The van der Waals surface area contributed by atoms with Crippen molar-refractivity contribution < 1.29 is 40.7 Å². The van der Waals surface area contributed by atoms with Gasteiger partial charge < -0.3 is 10.4 Å². The van der Waals surface area contributed by atoms with Gasteiger partial charge in [0.15, 0.2) is 37.3 Å². The average molecular weight is 417 g/mol. The van der Waals surface area contributed by atoms with Gasteiger partial charge in [0.25, 0.3) is 5.91 Å². The molecule has 3 N–H and O–H groups in total. The Balaban J connectivity index is 3.28. The van der Waals surface area contributed by atoms with Crippen molar-refractivity contribution in [2.45, 2.75) is 6.04 Å². The summed E-state index contributed by atoms with van der Waals surface area (Å²) in [4.78, 5) is 25.1. The Labute approximate surface area is 146 Å². The van der Waals surface area contributed by atoms with Crippen molar-refractivity contribution in [2.24, 2.45) is 5.11 Å². The molecule has 1 aromatic carbocycles. The van der Waals surface area contributed by atoms with Crippen molar-refractivity contribution in [2.75, 3.05) is 12.0 Å². The van der Waals surface area contributed by atoms with E-state index in [1.165, 1.54) is 0 Å². The number of carboxylic acid groups (broad SMARTS) is 1. The lowest BCUT2D eigenvalue weighted by Crippen LogP contribution is -2.43. The van der Waals surface area contributed by atoms with Gasteiger partial charge in [0.1, 0.15) is 17.1 Å². The number of carboxylic acids is 1. The van der Waals surface area contributed by atoms with Gasteiger partial charge in [-0.3, -0.25) is 4.79 Å². The molecule has 142 valence electrons. The first kappa shape index (κ1) is 21.5. The van der Waals surface area contributed by atoms with Crippen LogP contribution in [0.25, 0.3) is 0 Å². The minimum Gasteiger partial charge on any atom is -0.480 e. The molecule has 1 rings (SSSR count). The van der Waals surface area contributed by atoms with E-state index in [-0.39, 0.29) is 10.8 Å². The first-order chi connectivity index (χ1) is 11.9. The maximum atomic E-state index is 13.8. The van der Waals surface area contributed by atoms with E-state index in [0.717, 1.165) is 6.26 Å². The van der Waals surface area contributed by atoms with E-state index in [1.807, 2.05) is 0 Å². The molecule has 1 aromatic rings. The second-order valence-electron chi connectivity index (χ2n) is 4.53. The average Bonchev–Trinajstić information content (AvgIpc) is 2.52. The lowest BCUT2D eigenvalue weighted by atomic mass is 10.1. The molecule has 1 amide bonds. The third kappa shape index (κ3) is 5.00. The molecule has 9 nitrogen and oxygen atoms in total. The van der Waals surface area contributed by atoms with Crippen LogP contribution in [-0.4, -0.2) is 43.5 Å². The highest BCUT2D eigenvalue weighted by Gasteiger charge is 2.33. The molecule has 0 fully saturated rings. The molecule has 0 aliphatic rings. The van der Waals surface area contributed by atoms with Gasteiger partial charge in [-0.05, 0) is 10.8 Å². The summed E-state index contributed by atoms with van der Waals surface area (Å²) in [6.45, 7) is 0. The summed E-state index contributed by atoms with van der Waals surface area (Å²) in [5.74, 6) is -13.0. The summed E-state index contributed by atoms with van der Waals surface area (Å²) < 4.78 is 77.0. The van der Waals surface area contributed by atoms with Crippen LogP contribution in [0.15, 0.2) is 5.11 Å². The fourth-order valence-electron chi connectivity index (χ4n) is 1.55. The lowest BCUT2D eigenvalue weighted by molar-refractivity contribution is -0.138. The number of hydrogen-bond acceptors (Lipinski definition) is 7. The van der Waals surface area contributed by atoms with Gasteiger partial charge in [0, 0.05) is 12.0 Å². The van der Waals surface area contributed by atoms with Crippen molar-refractivity contribution in [3.05, 3.63) is 28.8 Å². The Morgan fingerprint density at radius 1 is 1.23 bits per heavy atom. The molecule has 0 saturated heterocycles. The van der Waals surface area contributed by atoms with Crippen molar-refractivity contribution >= 4 is 37.2 Å². The summed E-state index contributed by atoms with van der Waals surface area (Å²) >= 11 is 0. The minimum absolute atomic E-state index is 0.124. The molecule has 0 heterocycles. The molecular formula is C11H9F4N4O5S2+. The molecule has 0 unspecified atom stereocenters. The Morgan fingerprint density at radius 2 is 1.73 bits per heavy atom. The summed E-state index contributed by atoms with van der Waals surface area (Å²) in [6, 6.07) is -1.93. The number of nitrogens with one attached hydrogen (secondary N) is 2. The van der Waals surface area contributed by atoms with E-state index in [0.29, 0.717) is 0 Å². The smallest absolute Gasteiger partial charge is 0.327 e. The summed E-state index contributed by atoms with van der Waals surface area (Å²) in [6.07, 6.45) is 0.752. The normalized spacial score (nSPS) is 12.2. The second-order valence-corrected chi connectivity index (χ2v) is 9.03. The molecule has 0 aliphatic heterocycles. The van der Waals surface area contributed by atoms with E-state index in [9.17, 15) is 35.6 Å². The van der Waals surface area contributed by atoms with Crippen molar-refractivity contribution in [1.29, 1.82) is 5.53 Å². The van der Waals surface area contributed by atoms with Crippen molar-refractivity contribution in [3.63, 3.8) is 0 Å². The third-order valence-corrected chi connectivity index (χ3v) is 5.26. The first-order valence-corrected chi connectivity index (χ1v) is 9.61. The molecular weight excluding hydrogens is 408 g/mol.